The largest absolute Gasteiger partial charge is 0.486 e. The molecule has 0 unspecified atom stereocenters. The highest BCUT2D eigenvalue weighted by Gasteiger charge is 2.16. The monoisotopic (exact) mass is 263 g/mol. The van der Waals surface area contributed by atoms with Crippen LogP contribution in [-0.4, -0.2) is 18.2 Å². The average Bonchev–Trinajstić information content (AvgIpc) is 2.41. The molecule has 4 heteroatoms. The summed E-state index contributed by atoms with van der Waals surface area (Å²) < 4.78 is 11.1. The molecule has 0 bridgehead atoms. The first-order valence-corrected chi connectivity index (χ1v) is 6.47. The van der Waals surface area contributed by atoms with Crippen molar-refractivity contribution in [3.63, 3.8) is 0 Å². The van der Waals surface area contributed by atoms with Gasteiger partial charge in [0.05, 0.1) is 10.5 Å². The van der Waals surface area contributed by atoms with Crippen LogP contribution in [0.15, 0.2) is 12.1 Å². The van der Waals surface area contributed by atoms with Gasteiger partial charge in [-0.25, -0.2) is 0 Å². The molecule has 3 nitrogen and oxygen atoms in total. The van der Waals surface area contributed by atoms with Crippen molar-refractivity contribution in [2.75, 3.05) is 13.2 Å². The van der Waals surface area contributed by atoms with E-state index in [2.05, 4.69) is 11.9 Å². The van der Waals surface area contributed by atoms with Crippen molar-refractivity contribution >= 4 is 22.5 Å². The molecule has 94 valence electrons. The second-order valence-corrected chi connectivity index (χ2v) is 4.74. The van der Waals surface area contributed by atoms with E-state index in [9.17, 15) is 0 Å². The first-order valence-electron chi connectivity index (χ1n) is 6.09. The normalized spacial score (nSPS) is 13.9. The van der Waals surface area contributed by atoms with Crippen molar-refractivity contribution in [3.05, 3.63) is 28.4 Å². The lowest BCUT2D eigenvalue weighted by Crippen LogP contribution is -2.15. The highest BCUT2D eigenvalue weighted by molar-refractivity contribution is 6.36. The maximum atomic E-state index is 6.42. The zero-order valence-electron chi connectivity index (χ0n) is 10.4. The third-order valence-corrected chi connectivity index (χ3v) is 3.74. The number of benzene rings is 1. The molecule has 1 aromatic heterocycles. The van der Waals surface area contributed by atoms with E-state index in [0.717, 1.165) is 45.1 Å². The Labute approximate surface area is 111 Å². The average molecular weight is 264 g/mol. The van der Waals surface area contributed by atoms with Crippen LogP contribution >= 0.6 is 11.6 Å². The molecule has 0 atom stereocenters. The molecule has 0 radical (unpaired) electrons. The van der Waals surface area contributed by atoms with Crippen LogP contribution in [0.2, 0.25) is 5.02 Å². The van der Waals surface area contributed by atoms with Crippen molar-refractivity contribution in [3.8, 4) is 11.5 Å². The van der Waals surface area contributed by atoms with Gasteiger partial charge in [-0.2, -0.15) is 0 Å². The fraction of sp³-hybridized carbons (Fsp3) is 0.357. The summed E-state index contributed by atoms with van der Waals surface area (Å²) in [5.74, 6) is 1.50. The minimum Gasteiger partial charge on any atom is -0.486 e. The van der Waals surface area contributed by atoms with E-state index in [1.54, 1.807) is 0 Å². The number of rotatable bonds is 1. The fourth-order valence-corrected chi connectivity index (χ4v) is 2.51. The molecule has 1 aromatic carbocycles. The lowest BCUT2D eigenvalue weighted by atomic mass is 10.1. The van der Waals surface area contributed by atoms with E-state index >= 15 is 0 Å². The summed E-state index contributed by atoms with van der Waals surface area (Å²) in [6.07, 6.45) is 0.871. The van der Waals surface area contributed by atoms with Gasteiger partial charge in [-0.3, -0.25) is 4.98 Å². The molecule has 1 aliphatic rings. The summed E-state index contributed by atoms with van der Waals surface area (Å²) in [6.45, 7) is 5.24. The Hall–Kier alpha value is -1.48. The fourth-order valence-electron chi connectivity index (χ4n) is 2.25. The number of halogens is 1. The van der Waals surface area contributed by atoms with Gasteiger partial charge in [0.25, 0.3) is 0 Å². The Morgan fingerprint density at radius 3 is 2.56 bits per heavy atom. The summed E-state index contributed by atoms with van der Waals surface area (Å²) in [6, 6.07) is 3.83. The van der Waals surface area contributed by atoms with Crippen LogP contribution in [0.25, 0.3) is 10.9 Å². The predicted octanol–water partition coefficient (Wildman–Crippen LogP) is 3.53. The summed E-state index contributed by atoms with van der Waals surface area (Å²) in [7, 11) is 0. The molecule has 0 saturated carbocycles. The van der Waals surface area contributed by atoms with Gasteiger partial charge in [-0.05, 0) is 25.0 Å². The SMILES string of the molecule is CCc1nc2cc3c(cc2c(Cl)c1C)OCCO3. The van der Waals surface area contributed by atoms with E-state index in [-0.39, 0.29) is 0 Å². The number of nitrogens with zero attached hydrogens (tertiary/aromatic N) is 1. The zero-order chi connectivity index (χ0) is 12.7. The van der Waals surface area contributed by atoms with Crippen LogP contribution in [0.1, 0.15) is 18.2 Å². The van der Waals surface area contributed by atoms with Gasteiger partial charge in [-0.1, -0.05) is 18.5 Å². The van der Waals surface area contributed by atoms with Crippen molar-refractivity contribution in [2.45, 2.75) is 20.3 Å². The van der Waals surface area contributed by atoms with E-state index in [0.29, 0.717) is 13.2 Å². The van der Waals surface area contributed by atoms with Crippen LogP contribution in [0.4, 0.5) is 0 Å². The van der Waals surface area contributed by atoms with Crippen molar-refractivity contribution in [1.82, 2.24) is 4.98 Å². The van der Waals surface area contributed by atoms with Gasteiger partial charge in [-0.15, -0.1) is 0 Å². The Balaban J connectivity index is 2.30. The van der Waals surface area contributed by atoms with Gasteiger partial charge in [0, 0.05) is 17.1 Å². The number of aromatic nitrogens is 1. The number of pyridine rings is 1. The number of ether oxygens (including phenoxy) is 2. The summed E-state index contributed by atoms with van der Waals surface area (Å²) in [5, 5.41) is 1.68. The molecule has 1 aliphatic heterocycles. The van der Waals surface area contributed by atoms with Gasteiger partial charge >= 0.3 is 0 Å². The quantitative estimate of drug-likeness (QED) is 0.789. The Kier molecular flexibility index (Phi) is 2.78. The summed E-state index contributed by atoms with van der Waals surface area (Å²) in [5.41, 5.74) is 2.94. The Morgan fingerprint density at radius 1 is 1.22 bits per heavy atom. The molecule has 0 saturated heterocycles. The maximum Gasteiger partial charge on any atom is 0.163 e. The highest BCUT2D eigenvalue weighted by atomic mass is 35.5. The number of fused-ring (bicyclic) bond motifs is 2. The topological polar surface area (TPSA) is 31.4 Å². The van der Waals surface area contributed by atoms with Crippen LogP contribution in [0.5, 0.6) is 11.5 Å². The minimum atomic E-state index is 0.579. The first-order chi connectivity index (χ1) is 8.70. The molecular weight excluding hydrogens is 250 g/mol. The maximum absolute atomic E-state index is 6.42. The smallest absolute Gasteiger partial charge is 0.163 e. The molecule has 2 aromatic rings. The first kappa shape index (κ1) is 11.6. The third-order valence-electron chi connectivity index (χ3n) is 3.25. The number of aryl methyl sites for hydroxylation is 1. The predicted molar refractivity (Wildman–Crippen MR) is 71.9 cm³/mol. The molecule has 2 heterocycles. The van der Waals surface area contributed by atoms with E-state index in [1.807, 2.05) is 19.1 Å². The summed E-state index contributed by atoms with van der Waals surface area (Å²) in [4.78, 5) is 4.64. The van der Waals surface area contributed by atoms with E-state index in [1.165, 1.54) is 0 Å². The van der Waals surface area contributed by atoms with Crippen molar-refractivity contribution < 1.29 is 9.47 Å². The van der Waals surface area contributed by atoms with Gasteiger partial charge < -0.3 is 9.47 Å². The van der Waals surface area contributed by atoms with Crippen LogP contribution in [0, 0.1) is 6.92 Å². The molecule has 0 aliphatic carbocycles. The molecule has 0 spiro atoms. The summed E-state index contributed by atoms with van der Waals surface area (Å²) >= 11 is 6.42. The lowest BCUT2D eigenvalue weighted by molar-refractivity contribution is 0.172. The molecule has 0 fully saturated rings. The zero-order valence-corrected chi connectivity index (χ0v) is 11.2. The number of hydrogen-bond acceptors (Lipinski definition) is 3. The lowest BCUT2D eigenvalue weighted by Gasteiger charge is -2.19. The Bertz CT molecular complexity index is 625. The van der Waals surface area contributed by atoms with E-state index < -0.39 is 0 Å². The second kappa shape index (κ2) is 4.32. The van der Waals surface area contributed by atoms with Gasteiger partial charge in [0.1, 0.15) is 13.2 Å². The van der Waals surface area contributed by atoms with Crippen molar-refractivity contribution in [1.29, 1.82) is 0 Å². The van der Waals surface area contributed by atoms with E-state index in [4.69, 9.17) is 21.1 Å². The minimum absolute atomic E-state index is 0.579. The van der Waals surface area contributed by atoms with Gasteiger partial charge in [0.15, 0.2) is 11.5 Å². The highest BCUT2D eigenvalue weighted by Crippen LogP contribution is 2.38. The molecule has 0 N–H and O–H groups in total. The van der Waals surface area contributed by atoms with Crippen molar-refractivity contribution in [2.24, 2.45) is 0 Å². The molecule has 3 rings (SSSR count). The molecule has 18 heavy (non-hydrogen) atoms. The standard InChI is InChI=1S/C14H14ClNO2/c1-3-10-8(2)14(15)9-6-12-13(7-11(9)16-10)18-5-4-17-12/h6-7H,3-5H2,1-2H3. The van der Waals surface area contributed by atoms with Gasteiger partial charge in [0.2, 0.25) is 0 Å². The van der Waals surface area contributed by atoms with Crippen LogP contribution < -0.4 is 9.47 Å². The third kappa shape index (κ3) is 1.70. The van der Waals surface area contributed by atoms with Crippen LogP contribution in [0.3, 0.4) is 0 Å². The molecular formula is C14H14ClNO2. The number of hydrogen-bond donors (Lipinski definition) is 0. The Morgan fingerprint density at radius 2 is 1.89 bits per heavy atom. The molecule has 0 amide bonds. The van der Waals surface area contributed by atoms with Crippen LogP contribution in [-0.2, 0) is 6.42 Å². The second-order valence-electron chi connectivity index (χ2n) is 4.36.